The molecule has 0 aromatic carbocycles. The van der Waals surface area contributed by atoms with E-state index in [0.29, 0.717) is 5.76 Å². The van der Waals surface area contributed by atoms with Crippen LogP contribution < -0.4 is 10.6 Å². The molecule has 8 nitrogen and oxygen atoms in total. The van der Waals surface area contributed by atoms with Gasteiger partial charge in [0.1, 0.15) is 11.8 Å². The Hall–Kier alpha value is -2.51. The molecule has 1 aromatic rings. The number of urea groups is 1. The van der Waals surface area contributed by atoms with Gasteiger partial charge < -0.3 is 25.1 Å². The Morgan fingerprint density at radius 1 is 1.41 bits per heavy atom. The smallest absolute Gasteiger partial charge is 0.326 e. The summed E-state index contributed by atoms with van der Waals surface area (Å²) >= 11 is 0. The summed E-state index contributed by atoms with van der Waals surface area (Å²) in [4.78, 5) is 36.1. The Morgan fingerprint density at radius 2 is 2.14 bits per heavy atom. The highest BCUT2D eigenvalue weighted by Gasteiger charge is 2.38. The molecular formula is C14H19N3O5. The van der Waals surface area contributed by atoms with Gasteiger partial charge >= 0.3 is 12.0 Å². The number of hydrogen-bond acceptors (Lipinski definition) is 4. The van der Waals surface area contributed by atoms with Crippen molar-refractivity contribution in [1.82, 2.24) is 15.5 Å². The maximum absolute atomic E-state index is 12.1. The van der Waals surface area contributed by atoms with E-state index in [0.717, 1.165) is 12.8 Å². The van der Waals surface area contributed by atoms with Crippen molar-refractivity contribution < 1.29 is 23.9 Å². The maximum atomic E-state index is 12.1. The SMILES string of the molecule is CC(C(=O)O)N(C(=O)CNC(=O)NCc1ccco1)C1CC1. The van der Waals surface area contributed by atoms with Crippen LogP contribution in [0.5, 0.6) is 0 Å². The van der Waals surface area contributed by atoms with E-state index in [9.17, 15) is 14.4 Å². The summed E-state index contributed by atoms with van der Waals surface area (Å²) in [6, 6.07) is 1.98. The summed E-state index contributed by atoms with van der Waals surface area (Å²) in [6.45, 7) is 1.44. The average Bonchev–Trinajstić information content (AvgIpc) is 3.17. The van der Waals surface area contributed by atoms with Gasteiger partial charge in [0.15, 0.2) is 0 Å². The molecule has 3 amide bonds. The van der Waals surface area contributed by atoms with E-state index in [1.165, 1.54) is 18.1 Å². The summed E-state index contributed by atoms with van der Waals surface area (Å²) in [5.74, 6) is -0.853. The summed E-state index contributed by atoms with van der Waals surface area (Å²) in [5, 5.41) is 14.0. The third-order valence-corrected chi connectivity index (χ3v) is 3.41. The molecule has 0 aliphatic heterocycles. The van der Waals surface area contributed by atoms with Gasteiger partial charge in [0.05, 0.1) is 19.4 Å². The van der Waals surface area contributed by atoms with Crippen molar-refractivity contribution in [3.63, 3.8) is 0 Å². The second kappa shape index (κ2) is 6.97. The standard InChI is InChI=1S/C14H19N3O5/c1-9(13(19)20)17(10-4-5-10)12(18)8-16-14(21)15-7-11-3-2-6-22-11/h2-3,6,9-10H,4-5,7-8H2,1H3,(H,19,20)(H2,15,16,21). The fourth-order valence-corrected chi connectivity index (χ4v) is 2.10. The summed E-state index contributed by atoms with van der Waals surface area (Å²) in [6.07, 6.45) is 3.10. The first kappa shape index (κ1) is 15.9. The topological polar surface area (TPSA) is 112 Å². The normalized spacial score (nSPS) is 15.0. The van der Waals surface area contributed by atoms with E-state index in [4.69, 9.17) is 9.52 Å². The fourth-order valence-electron chi connectivity index (χ4n) is 2.10. The van der Waals surface area contributed by atoms with Crippen LogP contribution in [0.1, 0.15) is 25.5 Å². The molecule has 0 bridgehead atoms. The molecule has 1 aliphatic rings. The molecule has 8 heteroatoms. The number of furan rings is 1. The van der Waals surface area contributed by atoms with Crippen molar-refractivity contribution in [3.05, 3.63) is 24.2 Å². The Kier molecular flexibility index (Phi) is 5.03. The lowest BCUT2D eigenvalue weighted by Crippen LogP contribution is -2.49. The monoisotopic (exact) mass is 309 g/mol. The van der Waals surface area contributed by atoms with Crippen molar-refractivity contribution in [2.45, 2.75) is 38.4 Å². The highest BCUT2D eigenvalue weighted by Crippen LogP contribution is 2.28. The van der Waals surface area contributed by atoms with Gasteiger partial charge in [-0.25, -0.2) is 9.59 Å². The van der Waals surface area contributed by atoms with Crippen molar-refractivity contribution in [1.29, 1.82) is 0 Å². The first-order valence-corrected chi connectivity index (χ1v) is 7.07. The molecule has 1 atom stereocenters. The Morgan fingerprint density at radius 3 is 2.68 bits per heavy atom. The van der Waals surface area contributed by atoms with Crippen LogP contribution in [0, 0.1) is 0 Å². The fraction of sp³-hybridized carbons (Fsp3) is 0.500. The minimum absolute atomic E-state index is 0.0356. The van der Waals surface area contributed by atoms with Gasteiger partial charge in [-0.1, -0.05) is 0 Å². The van der Waals surface area contributed by atoms with Gasteiger partial charge in [-0.05, 0) is 31.9 Å². The number of nitrogens with one attached hydrogen (secondary N) is 2. The van der Waals surface area contributed by atoms with Crippen molar-refractivity contribution in [2.75, 3.05) is 6.54 Å². The van der Waals surface area contributed by atoms with Crippen LogP contribution in [0.25, 0.3) is 0 Å². The van der Waals surface area contributed by atoms with Crippen LogP contribution in [-0.4, -0.2) is 46.5 Å². The molecule has 0 saturated heterocycles. The van der Waals surface area contributed by atoms with Crippen LogP contribution in [0.3, 0.4) is 0 Å². The van der Waals surface area contributed by atoms with Gasteiger partial charge in [-0.3, -0.25) is 4.79 Å². The van der Waals surface area contributed by atoms with Crippen LogP contribution >= 0.6 is 0 Å². The van der Waals surface area contributed by atoms with E-state index in [-0.39, 0.29) is 19.1 Å². The minimum Gasteiger partial charge on any atom is -0.480 e. The highest BCUT2D eigenvalue weighted by atomic mass is 16.4. The number of carbonyl (C=O) groups excluding carboxylic acids is 2. The van der Waals surface area contributed by atoms with Crippen molar-refractivity contribution in [3.8, 4) is 0 Å². The number of hydrogen-bond donors (Lipinski definition) is 3. The van der Waals surface area contributed by atoms with Gasteiger partial charge in [0.25, 0.3) is 0 Å². The molecule has 1 unspecified atom stereocenters. The zero-order chi connectivity index (χ0) is 16.1. The molecule has 3 N–H and O–H groups in total. The number of nitrogens with zero attached hydrogens (tertiary/aromatic N) is 1. The summed E-state index contributed by atoms with van der Waals surface area (Å²) in [5.41, 5.74) is 0. The average molecular weight is 309 g/mol. The number of amides is 3. The lowest BCUT2D eigenvalue weighted by atomic mass is 10.2. The van der Waals surface area contributed by atoms with Crippen LogP contribution in [-0.2, 0) is 16.1 Å². The third kappa shape index (κ3) is 4.24. The summed E-state index contributed by atoms with van der Waals surface area (Å²) in [7, 11) is 0. The van der Waals surface area contributed by atoms with Crippen molar-refractivity contribution >= 4 is 17.9 Å². The molecule has 1 aliphatic carbocycles. The second-order valence-electron chi connectivity index (χ2n) is 5.16. The highest BCUT2D eigenvalue weighted by molar-refractivity contribution is 5.87. The first-order chi connectivity index (χ1) is 10.5. The van der Waals surface area contributed by atoms with Gasteiger partial charge in [0.2, 0.25) is 5.91 Å². The molecule has 2 rings (SSSR count). The molecule has 1 fully saturated rings. The predicted molar refractivity (Wildman–Crippen MR) is 75.9 cm³/mol. The number of carboxylic acid groups (broad SMARTS) is 1. The quantitative estimate of drug-likeness (QED) is 0.680. The molecule has 22 heavy (non-hydrogen) atoms. The lowest BCUT2D eigenvalue weighted by molar-refractivity contribution is -0.149. The van der Waals surface area contributed by atoms with Gasteiger partial charge in [-0.15, -0.1) is 0 Å². The molecule has 1 heterocycles. The van der Waals surface area contributed by atoms with E-state index in [1.807, 2.05) is 0 Å². The van der Waals surface area contributed by atoms with E-state index < -0.39 is 23.9 Å². The molecule has 0 radical (unpaired) electrons. The Balaban J connectivity index is 1.77. The first-order valence-electron chi connectivity index (χ1n) is 7.07. The van der Waals surface area contributed by atoms with Crippen LogP contribution in [0.2, 0.25) is 0 Å². The lowest BCUT2D eigenvalue weighted by Gasteiger charge is -2.26. The largest absolute Gasteiger partial charge is 0.480 e. The van der Waals surface area contributed by atoms with E-state index >= 15 is 0 Å². The molecule has 1 saturated carbocycles. The molecular weight excluding hydrogens is 290 g/mol. The minimum atomic E-state index is -1.05. The zero-order valence-corrected chi connectivity index (χ0v) is 12.2. The van der Waals surface area contributed by atoms with Gasteiger partial charge in [0, 0.05) is 6.04 Å². The Labute approximate surface area is 127 Å². The number of carboxylic acids is 1. The zero-order valence-electron chi connectivity index (χ0n) is 12.2. The second-order valence-corrected chi connectivity index (χ2v) is 5.16. The van der Waals surface area contributed by atoms with E-state index in [2.05, 4.69) is 10.6 Å². The number of rotatable bonds is 7. The number of aliphatic carboxylic acids is 1. The van der Waals surface area contributed by atoms with Crippen molar-refractivity contribution in [2.24, 2.45) is 0 Å². The third-order valence-electron chi connectivity index (χ3n) is 3.41. The van der Waals surface area contributed by atoms with E-state index in [1.54, 1.807) is 12.1 Å². The number of carbonyl (C=O) groups is 3. The van der Waals surface area contributed by atoms with Crippen LogP contribution in [0.15, 0.2) is 22.8 Å². The maximum Gasteiger partial charge on any atom is 0.326 e. The molecule has 120 valence electrons. The molecule has 0 spiro atoms. The van der Waals surface area contributed by atoms with Crippen LogP contribution in [0.4, 0.5) is 4.79 Å². The van der Waals surface area contributed by atoms with Gasteiger partial charge in [-0.2, -0.15) is 0 Å². The Bertz CT molecular complexity index is 539. The molecule has 1 aromatic heterocycles. The summed E-state index contributed by atoms with van der Waals surface area (Å²) < 4.78 is 5.06. The predicted octanol–water partition coefficient (Wildman–Crippen LogP) is 0.543.